The molecule has 1 amide bonds. The van der Waals surface area contributed by atoms with Crippen LogP contribution in [0.4, 0.5) is 18.9 Å². The van der Waals surface area contributed by atoms with Gasteiger partial charge in [-0.3, -0.25) is 9.59 Å². The molecule has 0 radical (unpaired) electrons. The highest BCUT2D eigenvalue weighted by Gasteiger charge is 2.28. The molecule has 0 saturated heterocycles. The van der Waals surface area contributed by atoms with Crippen LogP contribution in [0.5, 0.6) is 5.75 Å². The van der Waals surface area contributed by atoms with Crippen LogP contribution >= 0.6 is 0 Å². The van der Waals surface area contributed by atoms with E-state index < -0.39 is 23.4 Å². The number of methoxy groups -OCH3 is 1. The lowest BCUT2D eigenvalue weighted by Crippen LogP contribution is -2.43. The molecule has 2 N–H and O–H groups in total. The van der Waals surface area contributed by atoms with Crippen LogP contribution in [0.15, 0.2) is 60.7 Å². The Kier molecular flexibility index (Phi) is 6.39. The minimum atomic E-state index is -1.64. The zero-order valence-electron chi connectivity index (χ0n) is 19.3. The molecule has 0 saturated carbocycles. The number of ketones is 1. The molecular formula is C27H23F3N2O3. The molecule has 5 nitrogen and oxygen atoms in total. The highest BCUT2D eigenvalue weighted by molar-refractivity contribution is 6.09. The van der Waals surface area contributed by atoms with Crippen molar-refractivity contribution in [1.29, 1.82) is 0 Å². The lowest BCUT2D eigenvalue weighted by molar-refractivity contribution is 0.102. The summed E-state index contributed by atoms with van der Waals surface area (Å²) in [7, 11) is 1.58. The van der Waals surface area contributed by atoms with Gasteiger partial charge in [0.1, 0.15) is 5.75 Å². The third kappa shape index (κ3) is 5.21. The summed E-state index contributed by atoms with van der Waals surface area (Å²) in [4.78, 5) is 25.3. The first-order valence-electron chi connectivity index (χ1n) is 10.8. The van der Waals surface area contributed by atoms with Crippen LogP contribution in [-0.2, 0) is 6.42 Å². The van der Waals surface area contributed by atoms with Gasteiger partial charge in [-0.25, -0.2) is 13.2 Å². The average Bonchev–Trinajstić information content (AvgIpc) is 2.81. The lowest BCUT2D eigenvalue weighted by atomic mass is 9.85. The Morgan fingerprint density at radius 3 is 2.26 bits per heavy atom. The molecule has 0 atom stereocenters. The minimum absolute atomic E-state index is 0.249. The second-order valence-corrected chi connectivity index (χ2v) is 8.92. The van der Waals surface area contributed by atoms with Crippen molar-refractivity contribution in [2.45, 2.75) is 25.8 Å². The number of hydrogen-bond acceptors (Lipinski definition) is 4. The first-order chi connectivity index (χ1) is 16.6. The van der Waals surface area contributed by atoms with Gasteiger partial charge in [0.05, 0.1) is 7.11 Å². The Labute approximate surface area is 200 Å². The Balaban J connectivity index is 1.54. The van der Waals surface area contributed by atoms with E-state index in [0.717, 1.165) is 17.5 Å². The fourth-order valence-electron chi connectivity index (χ4n) is 3.98. The topological polar surface area (TPSA) is 67.4 Å². The summed E-state index contributed by atoms with van der Waals surface area (Å²) in [5.74, 6) is -4.94. The molecule has 3 aromatic carbocycles. The second-order valence-electron chi connectivity index (χ2n) is 8.92. The Morgan fingerprint density at radius 1 is 0.971 bits per heavy atom. The molecule has 1 heterocycles. The van der Waals surface area contributed by atoms with Crippen LogP contribution < -0.4 is 15.4 Å². The molecule has 0 bridgehead atoms. The number of fused-ring (bicyclic) bond motifs is 1. The first-order valence-corrected chi connectivity index (χ1v) is 10.8. The van der Waals surface area contributed by atoms with E-state index in [1.807, 2.05) is 18.2 Å². The summed E-state index contributed by atoms with van der Waals surface area (Å²) in [6.45, 7) is 4.10. The largest absolute Gasteiger partial charge is 0.497 e. The highest BCUT2D eigenvalue weighted by atomic mass is 19.2. The molecule has 4 rings (SSSR count). The number of anilines is 1. The molecule has 0 aromatic heterocycles. The monoisotopic (exact) mass is 480 g/mol. The van der Waals surface area contributed by atoms with E-state index in [2.05, 4.69) is 24.5 Å². The number of allylic oxidation sites excluding steroid dienone is 1. The number of halogens is 3. The SMILES string of the molecule is COc1ccc2c(c1)C(=CC(=O)c1ccc(NC(=O)c3cc(F)c(F)c(F)c3)cc1)NC(C)(C)C2. The molecule has 0 unspecified atom stereocenters. The van der Waals surface area contributed by atoms with Crippen LogP contribution in [0, 0.1) is 17.5 Å². The van der Waals surface area contributed by atoms with Crippen LogP contribution in [0.2, 0.25) is 0 Å². The van der Waals surface area contributed by atoms with Crippen LogP contribution in [0.1, 0.15) is 45.7 Å². The van der Waals surface area contributed by atoms with Crippen molar-refractivity contribution in [1.82, 2.24) is 5.32 Å². The molecule has 1 aliphatic rings. The quantitative estimate of drug-likeness (QED) is 0.287. The van der Waals surface area contributed by atoms with Gasteiger partial charge in [0, 0.05) is 39.7 Å². The smallest absolute Gasteiger partial charge is 0.255 e. The number of hydrogen-bond donors (Lipinski definition) is 2. The van der Waals surface area contributed by atoms with Crippen molar-refractivity contribution < 1.29 is 27.5 Å². The summed E-state index contributed by atoms with van der Waals surface area (Å²) in [5, 5.41) is 5.88. The molecule has 8 heteroatoms. The van der Waals surface area contributed by atoms with Gasteiger partial charge in [-0.2, -0.15) is 0 Å². The van der Waals surface area contributed by atoms with Gasteiger partial charge in [-0.05, 0) is 74.4 Å². The summed E-state index contributed by atoms with van der Waals surface area (Å²) < 4.78 is 45.3. The standard InChI is InChI=1S/C27H23F3N2O3/c1-27(2)14-16-6-9-19(35-3)12-20(16)23(32-27)13-24(33)15-4-7-18(8-5-15)31-26(34)17-10-21(28)25(30)22(29)11-17/h4-13,32H,14H2,1-3H3,(H,31,34). The van der Waals surface area contributed by atoms with E-state index in [0.29, 0.717) is 34.8 Å². The Hall–Kier alpha value is -4.07. The second kappa shape index (κ2) is 9.29. The van der Waals surface area contributed by atoms with Gasteiger partial charge in [0.15, 0.2) is 23.2 Å². The summed E-state index contributed by atoms with van der Waals surface area (Å²) in [5.41, 5.74) is 2.73. The van der Waals surface area contributed by atoms with Crippen molar-refractivity contribution in [2.24, 2.45) is 0 Å². The van der Waals surface area contributed by atoms with Gasteiger partial charge < -0.3 is 15.4 Å². The molecule has 0 aliphatic carbocycles. The minimum Gasteiger partial charge on any atom is -0.497 e. The third-order valence-electron chi connectivity index (χ3n) is 5.66. The van der Waals surface area contributed by atoms with Crippen LogP contribution in [0.25, 0.3) is 5.70 Å². The van der Waals surface area contributed by atoms with Crippen LogP contribution in [-0.4, -0.2) is 24.3 Å². The maximum Gasteiger partial charge on any atom is 0.255 e. The first kappa shape index (κ1) is 24.1. The fraction of sp³-hybridized carbons (Fsp3) is 0.185. The van der Waals surface area contributed by atoms with E-state index in [1.165, 1.54) is 30.3 Å². The Morgan fingerprint density at radius 2 is 1.63 bits per heavy atom. The van der Waals surface area contributed by atoms with E-state index in [4.69, 9.17) is 4.74 Å². The maximum absolute atomic E-state index is 13.4. The van der Waals surface area contributed by atoms with Crippen molar-refractivity contribution >= 4 is 23.1 Å². The number of ether oxygens (including phenoxy) is 1. The zero-order chi connectivity index (χ0) is 25.3. The Bertz CT molecular complexity index is 1330. The molecule has 0 fully saturated rings. The van der Waals surface area contributed by atoms with E-state index in [1.54, 1.807) is 7.11 Å². The number of nitrogens with one attached hydrogen (secondary N) is 2. The number of carbonyl (C=O) groups is 2. The predicted molar refractivity (Wildman–Crippen MR) is 127 cm³/mol. The summed E-state index contributed by atoms with van der Waals surface area (Å²) >= 11 is 0. The number of carbonyl (C=O) groups excluding carboxylic acids is 2. The van der Waals surface area contributed by atoms with Gasteiger partial charge in [0.2, 0.25) is 0 Å². The van der Waals surface area contributed by atoms with Gasteiger partial charge in [-0.15, -0.1) is 0 Å². The zero-order valence-corrected chi connectivity index (χ0v) is 19.3. The normalized spacial score (nSPS) is 15.2. The van der Waals surface area contributed by atoms with Gasteiger partial charge >= 0.3 is 0 Å². The number of benzene rings is 3. The van der Waals surface area contributed by atoms with Crippen LogP contribution in [0.3, 0.4) is 0 Å². The molecule has 3 aromatic rings. The maximum atomic E-state index is 13.4. The van der Waals surface area contributed by atoms with Gasteiger partial charge in [-0.1, -0.05) is 6.07 Å². The molecule has 1 aliphatic heterocycles. The number of rotatable bonds is 5. The molecular weight excluding hydrogens is 457 g/mol. The summed E-state index contributed by atoms with van der Waals surface area (Å²) in [6.07, 6.45) is 2.31. The lowest BCUT2D eigenvalue weighted by Gasteiger charge is -2.35. The highest BCUT2D eigenvalue weighted by Crippen LogP contribution is 2.32. The van der Waals surface area contributed by atoms with E-state index in [9.17, 15) is 22.8 Å². The van der Waals surface area contributed by atoms with Crippen molar-refractivity contribution in [3.63, 3.8) is 0 Å². The van der Waals surface area contributed by atoms with Crippen molar-refractivity contribution in [3.8, 4) is 5.75 Å². The third-order valence-corrected chi connectivity index (χ3v) is 5.66. The van der Waals surface area contributed by atoms with Crippen molar-refractivity contribution in [3.05, 3.63) is 100 Å². The molecule has 35 heavy (non-hydrogen) atoms. The van der Waals surface area contributed by atoms with Crippen molar-refractivity contribution in [2.75, 3.05) is 12.4 Å². The fourth-order valence-corrected chi connectivity index (χ4v) is 3.98. The average molecular weight is 480 g/mol. The molecule has 180 valence electrons. The molecule has 0 spiro atoms. The van der Waals surface area contributed by atoms with E-state index in [-0.39, 0.29) is 16.9 Å². The summed E-state index contributed by atoms with van der Waals surface area (Å²) in [6, 6.07) is 13.0. The predicted octanol–water partition coefficient (Wildman–Crippen LogP) is 5.51. The number of amides is 1. The van der Waals surface area contributed by atoms with E-state index >= 15 is 0 Å². The van der Waals surface area contributed by atoms with Gasteiger partial charge in [0.25, 0.3) is 5.91 Å².